The van der Waals surface area contributed by atoms with E-state index in [9.17, 15) is 9.90 Å². The Labute approximate surface area is 140 Å². The summed E-state index contributed by atoms with van der Waals surface area (Å²) in [5.74, 6) is 0.0570. The third-order valence-corrected chi connectivity index (χ3v) is 5.51. The van der Waals surface area contributed by atoms with Crippen LogP contribution in [0.3, 0.4) is 0 Å². The molecule has 5 nitrogen and oxygen atoms in total. The first kappa shape index (κ1) is 16.4. The minimum atomic E-state index is -0.322. The molecule has 0 radical (unpaired) electrons. The molecule has 2 atom stereocenters. The van der Waals surface area contributed by atoms with Crippen molar-refractivity contribution < 1.29 is 9.90 Å². The summed E-state index contributed by atoms with van der Waals surface area (Å²) in [6.07, 6.45) is 2.56. The number of likely N-dealkylation sites (tertiary alicyclic amines) is 1. The highest BCUT2D eigenvalue weighted by Gasteiger charge is 2.28. The van der Waals surface area contributed by atoms with E-state index >= 15 is 0 Å². The zero-order chi connectivity index (χ0) is 16.4. The van der Waals surface area contributed by atoms with Gasteiger partial charge in [-0.15, -0.1) is 0 Å². The zero-order valence-corrected chi connectivity index (χ0v) is 14.4. The topological polar surface area (TPSA) is 56.7 Å². The Morgan fingerprint density at radius 3 is 3.04 bits per heavy atom. The number of aliphatic hydroxyl groups excluding tert-OH is 1. The van der Waals surface area contributed by atoms with E-state index in [2.05, 4.69) is 9.88 Å². The predicted molar refractivity (Wildman–Crippen MR) is 93.9 cm³/mol. The number of hydrogen-bond acceptors (Lipinski definition) is 5. The maximum absolute atomic E-state index is 12.6. The minimum Gasteiger partial charge on any atom is -0.393 e. The Morgan fingerprint density at radius 2 is 2.30 bits per heavy atom. The molecular formula is C17H23N3O2S. The first-order valence-electron chi connectivity index (χ1n) is 8.09. The van der Waals surface area contributed by atoms with Crippen LogP contribution in [0.25, 0.3) is 10.2 Å². The number of thiazole rings is 1. The predicted octanol–water partition coefficient (Wildman–Crippen LogP) is 2.49. The van der Waals surface area contributed by atoms with Crippen molar-refractivity contribution in [1.82, 2.24) is 9.88 Å². The van der Waals surface area contributed by atoms with Crippen LogP contribution in [0, 0.1) is 0 Å². The highest BCUT2D eigenvalue weighted by atomic mass is 32.1. The van der Waals surface area contributed by atoms with Crippen molar-refractivity contribution >= 4 is 32.6 Å². The second kappa shape index (κ2) is 6.95. The summed E-state index contributed by atoms with van der Waals surface area (Å²) in [6.45, 7) is 3.13. The summed E-state index contributed by atoms with van der Waals surface area (Å²) in [5, 5.41) is 10.3. The van der Waals surface area contributed by atoms with Crippen LogP contribution in [0.5, 0.6) is 0 Å². The zero-order valence-electron chi connectivity index (χ0n) is 13.6. The average molecular weight is 333 g/mol. The average Bonchev–Trinajstić information content (AvgIpc) is 3.12. The van der Waals surface area contributed by atoms with Gasteiger partial charge in [0.1, 0.15) is 0 Å². The molecule has 2 unspecified atom stereocenters. The lowest BCUT2D eigenvalue weighted by Gasteiger charge is -2.26. The van der Waals surface area contributed by atoms with E-state index in [1.165, 1.54) is 11.3 Å². The van der Waals surface area contributed by atoms with Crippen LogP contribution in [-0.2, 0) is 4.79 Å². The number of carbonyl (C=O) groups excluding carboxylic acids is 1. The highest BCUT2D eigenvalue weighted by Crippen LogP contribution is 2.28. The molecule has 3 rings (SSSR count). The molecule has 1 saturated heterocycles. The third-order valence-electron chi connectivity index (χ3n) is 4.39. The summed E-state index contributed by atoms with van der Waals surface area (Å²) < 4.78 is 1.09. The van der Waals surface area contributed by atoms with Crippen LogP contribution < -0.4 is 4.90 Å². The number of fused-ring (bicyclic) bond motifs is 1. The molecule has 1 aliphatic heterocycles. The van der Waals surface area contributed by atoms with Gasteiger partial charge in [0, 0.05) is 13.1 Å². The van der Waals surface area contributed by atoms with Crippen LogP contribution in [0.2, 0.25) is 0 Å². The number of aromatic nitrogens is 1. The van der Waals surface area contributed by atoms with Crippen molar-refractivity contribution in [2.75, 3.05) is 25.0 Å². The van der Waals surface area contributed by atoms with Crippen molar-refractivity contribution in [3.8, 4) is 0 Å². The second-order valence-electron chi connectivity index (χ2n) is 6.27. The van der Waals surface area contributed by atoms with E-state index in [1.54, 1.807) is 11.9 Å². The summed E-state index contributed by atoms with van der Waals surface area (Å²) in [6, 6.07) is 8.23. The standard InChI is InChI=1S/C17H23N3O2S/c1-12(21)10-13-6-5-9-20(13)11-16(22)19(2)17-18-14-7-3-4-8-15(14)23-17/h3-4,7-8,12-13,21H,5-6,9-11H2,1-2H3. The van der Waals surface area contributed by atoms with Crippen LogP contribution in [0.4, 0.5) is 5.13 Å². The van der Waals surface area contributed by atoms with Gasteiger partial charge in [0.15, 0.2) is 5.13 Å². The van der Waals surface area contributed by atoms with Crippen molar-refractivity contribution in [2.24, 2.45) is 0 Å². The molecule has 0 saturated carbocycles. The van der Waals surface area contributed by atoms with E-state index in [1.807, 2.05) is 31.2 Å². The van der Waals surface area contributed by atoms with E-state index in [0.717, 1.165) is 41.2 Å². The SMILES string of the molecule is CC(O)CC1CCCN1CC(=O)N(C)c1nc2ccccc2s1. The number of benzene rings is 1. The van der Waals surface area contributed by atoms with Gasteiger partial charge in [-0.2, -0.15) is 0 Å². The fourth-order valence-corrected chi connectivity index (χ4v) is 4.10. The molecule has 6 heteroatoms. The van der Waals surface area contributed by atoms with Crippen LogP contribution in [0.1, 0.15) is 26.2 Å². The van der Waals surface area contributed by atoms with Gasteiger partial charge in [0.2, 0.25) is 5.91 Å². The number of likely N-dealkylation sites (N-methyl/N-ethyl adjacent to an activating group) is 1. The molecule has 1 aliphatic rings. The second-order valence-corrected chi connectivity index (χ2v) is 7.28. The van der Waals surface area contributed by atoms with Gasteiger partial charge in [-0.05, 0) is 44.9 Å². The molecule has 1 N–H and O–H groups in total. The molecule has 1 amide bonds. The molecule has 2 aromatic rings. The number of para-hydroxylation sites is 1. The number of rotatable bonds is 5. The van der Waals surface area contributed by atoms with Gasteiger partial charge in [-0.1, -0.05) is 23.5 Å². The largest absolute Gasteiger partial charge is 0.393 e. The van der Waals surface area contributed by atoms with Gasteiger partial charge >= 0.3 is 0 Å². The Bertz CT molecular complexity index is 652. The summed E-state index contributed by atoms with van der Waals surface area (Å²) in [7, 11) is 1.79. The molecular weight excluding hydrogens is 310 g/mol. The van der Waals surface area contributed by atoms with Crippen molar-refractivity contribution in [2.45, 2.75) is 38.3 Å². The summed E-state index contributed by atoms with van der Waals surface area (Å²) in [4.78, 5) is 21.0. The Balaban J connectivity index is 1.67. The van der Waals surface area contributed by atoms with E-state index in [-0.39, 0.29) is 12.0 Å². The molecule has 0 bridgehead atoms. The number of aliphatic hydroxyl groups is 1. The third kappa shape index (κ3) is 3.71. The van der Waals surface area contributed by atoms with Gasteiger partial charge in [-0.3, -0.25) is 14.6 Å². The van der Waals surface area contributed by atoms with Gasteiger partial charge < -0.3 is 5.11 Å². The van der Waals surface area contributed by atoms with Gasteiger partial charge in [-0.25, -0.2) is 4.98 Å². The van der Waals surface area contributed by atoms with Crippen LogP contribution in [0.15, 0.2) is 24.3 Å². The van der Waals surface area contributed by atoms with E-state index < -0.39 is 0 Å². The van der Waals surface area contributed by atoms with Crippen molar-refractivity contribution in [1.29, 1.82) is 0 Å². The van der Waals surface area contributed by atoms with E-state index in [4.69, 9.17) is 0 Å². The molecule has 1 aromatic heterocycles. The van der Waals surface area contributed by atoms with Gasteiger partial charge in [0.05, 0.1) is 22.9 Å². The van der Waals surface area contributed by atoms with E-state index in [0.29, 0.717) is 12.6 Å². The molecule has 0 spiro atoms. The Kier molecular flexibility index (Phi) is 4.94. The number of anilines is 1. The molecule has 2 heterocycles. The Hall–Kier alpha value is -1.50. The maximum Gasteiger partial charge on any atom is 0.242 e. The lowest BCUT2D eigenvalue weighted by molar-refractivity contribution is -0.119. The fraction of sp³-hybridized carbons (Fsp3) is 0.529. The normalized spacial score (nSPS) is 20.0. The molecule has 1 fully saturated rings. The van der Waals surface area contributed by atoms with Crippen LogP contribution in [-0.4, -0.2) is 53.2 Å². The monoisotopic (exact) mass is 333 g/mol. The van der Waals surface area contributed by atoms with Crippen molar-refractivity contribution in [3.05, 3.63) is 24.3 Å². The number of hydrogen-bond donors (Lipinski definition) is 1. The molecule has 1 aromatic carbocycles. The number of nitrogens with zero attached hydrogens (tertiary/aromatic N) is 3. The lowest BCUT2D eigenvalue weighted by Crippen LogP contribution is -2.41. The first-order valence-corrected chi connectivity index (χ1v) is 8.90. The number of amides is 1. The van der Waals surface area contributed by atoms with Crippen LogP contribution >= 0.6 is 11.3 Å². The quantitative estimate of drug-likeness (QED) is 0.913. The molecule has 124 valence electrons. The fourth-order valence-electron chi connectivity index (χ4n) is 3.15. The molecule has 0 aliphatic carbocycles. The lowest BCUT2D eigenvalue weighted by atomic mass is 10.1. The number of carbonyl (C=O) groups is 1. The summed E-state index contributed by atoms with van der Waals surface area (Å²) >= 11 is 1.54. The Morgan fingerprint density at radius 1 is 1.52 bits per heavy atom. The van der Waals surface area contributed by atoms with Gasteiger partial charge in [0.25, 0.3) is 0 Å². The molecule has 23 heavy (non-hydrogen) atoms. The van der Waals surface area contributed by atoms with Crippen molar-refractivity contribution in [3.63, 3.8) is 0 Å². The summed E-state index contributed by atoms with van der Waals surface area (Å²) in [5.41, 5.74) is 0.931. The first-order chi connectivity index (χ1) is 11.0. The maximum atomic E-state index is 12.6. The smallest absolute Gasteiger partial charge is 0.242 e. The minimum absolute atomic E-state index is 0.0570. The highest BCUT2D eigenvalue weighted by molar-refractivity contribution is 7.22.